The van der Waals surface area contributed by atoms with Gasteiger partial charge in [-0.25, -0.2) is 9.59 Å². The Balaban J connectivity index is 0.773. The van der Waals surface area contributed by atoms with Crippen LogP contribution in [0, 0.1) is 0 Å². The van der Waals surface area contributed by atoms with Crippen molar-refractivity contribution in [1.29, 1.82) is 0 Å². The highest BCUT2D eigenvalue weighted by Gasteiger charge is 2.24. The second kappa shape index (κ2) is 19.0. The maximum Gasteiger partial charge on any atom is 0.336 e. The van der Waals surface area contributed by atoms with Crippen molar-refractivity contribution in [1.82, 2.24) is 0 Å². The van der Waals surface area contributed by atoms with E-state index in [2.05, 4.69) is 21.3 Å². The third-order valence-corrected chi connectivity index (χ3v) is 12.1. The van der Waals surface area contributed by atoms with Crippen molar-refractivity contribution in [2.24, 2.45) is 0 Å². The van der Waals surface area contributed by atoms with Gasteiger partial charge in [0.1, 0.15) is 34.2 Å². The molecule has 0 amide bonds. The molecule has 4 aliphatic rings. The van der Waals surface area contributed by atoms with E-state index in [0.717, 1.165) is 11.1 Å². The van der Waals surface area contributed by atoms with E-state index >= 15 is 0 Å². The Bertz CT molecular complexity index is 3690. The van der Waals surface area contributed by atoms with E-state index in [0.29, 0.717) is 66.9 Å². The van der Waals surface area contributed by atoms with Gasteiger partial charge in [0.15, 0.2) is 21.1 Å². The molecule has 0 atom stereocenters. The smallest absolute Gasteiger partial charge is 0.336 e. The minimum atomic E-state index is -1.18. The summed E-state index contributed by atoms with van der Waals surface area (Å²) in [6, 6.07) is 42.4. The zero-order chi connectivity index (χ0) is 50.2. The van der Waals surface area contributed by atoms with E-state index in [1.165, 1.54) is 60.7 Å². The first-order chi connectivity index (χ1) is 34.7. The van der Waals surface area contributed by atoms with Crippen LogP contribution in [0.3, 0.4) is 0 Å². The summed E-state index contributed by atoms with van der Waals surface area (Å²) in [5, 5.41) is 54.9. The molecule has 0 aromatic heterocycles. The van der Waals surface area contributed by atoms with E-state index in [9.17, 15) is 39.6 Å². The number of hydrogen-bond acceptors (Lipinski definition) is 10. The molecule has 0 saturated carbocycles. The summed E-state index contributed by atoms with van der Waals surface area (Å²) in [7, 11) is 0. The van der Waals surface area contributed by atoms with Crippen LogP contribution in [-0.4, -0.2) is 42.6 Å². The van der Waals surface area contributed by atoms with Crippen LogP contribution in [0.4, 0.5) is 22.7 Å². The largest absolute Gasteiger partial charge is 0.508 e. The molecule has 2 aliphatic heterocycles. The molecular formula is C56H36N4O10S2. The average molecular weight is 989 g/mol. The molecule has 2 aliphatic carbocycles. The van der Waals surface area contributed by atoms with Gasteiger partial charge in [-0.05, 0) is 144 Å². The van der Waals surface area contributed by atoms with Crippen molar-refractivity contribution in [3.63, 3.8) is 0 Å². The Morgan fingerprint density at radius 3 is 1.18 bits per heavy atom. The van der Waals surface area contributed by atoms with E-state index in [-0.39, 0.29) is 66.4 Å². The molecule has 6 aromatic carbocycles. The molecule has 0 unspecified atom stereocenters. The van der Waals surface area contributed by atoms with Gasteiger partial charge in [-0.1, -0.05) is 48.6 Å². The Morgan fingerprint density at radius 2 is 0.792 bits per heavy atom. The monoisotopic (exact) mass is 988 g/mol. The highest BCUT2D eigenvalue weighted by Crippen LogP contribution is 2.44. The van der Waals surface area contributed by atoms with Crippen LogP contribution in [0.25, 0.3) is 79.0 Å². The molecule has 72 heavy (non-hydrogen) atoms. The van der Waals surface area contributed by atoms with Crippen molar-refractivity contribution >= 4 is 103 Å². The molecule has 16 heteroatoms. The summed E-state index contributed by atoms with van der Waals surface area (Å²) < 4.78 is 11.9. The third kappa shape index (κ3) is 9.53. The molecular weight excluding hydrogens is 953 g/mol. The quantitative estimate of drug-likeness (QED) is 0.0362. The molecule has 10 rings (SSSR count). The number of carboxylic acid groups (broad SMARTS) is 2. The fourth-order valence-corrected chi connectivity index (χ4v) is 8.94. The number of phenolic OH excluding ortho intramolecular Hbond substituents is 2. The van der Waals surface area contributed by atoms with Gasteiger partial charge >= 0.3 is 11.9 Å². The number of benzene rings is 8. The van der Waals surface area contributed by atoms with Crippen LogP contribution >= 0.6 is 24.4 Å². The number of carbonyl (C=O) groups is 2. The minimum Gasteiger partial charge on any atom is -0.508 e. The molecule has 352 valence electrons. The molecule has 8 N–H and O–H groups in total. The number of aromatic hydroxyl groups is 2. The van der Waals surface area contributed by atoms with Crippen molar-refractivity contribution in [3.05, 3.63) is 200 Å². The van der Waals surface area contributed by atoms with Gasteiger partial charge in [-0.15, -0.1) is 0 Å². The lowest BCUT2D eigenvalue weighted by molar-refractivity contribution is 0.0687. The Kier molecular flexibility index (Phi) is 12.2. The Morgan fingerprint density at radius 1 is 0.431 bits per heavy atom. The molecule has 0 bridgehead atoms. The maximum absolute atomic E-state index is 12.7. The summed E-state index contributed by atoms with van der Waals surface area (Å²) in [5.41, 5.74) is 6.93. The lowest BCUT2D eigenvalue weighted by atomic mass is 9.90. The lowest BCUT2D eigenvalue weighted by Gasteiger charge is -2.18. The Labute approximate surface area is 418 Å². The van der Waals surface area contributed by atoms with Crippen LogP contribution in [0.1, 0.15) is 31.8 Å². The molecule has 14 nitrogen and oxygen atoms in total. The normalized spacial score (nSPS) is 11.3. The highest BCUT2D eigenvalue weighted by molar-refractivity contribution is 7.81. The zero-order valence-corrected chi connectivity index (χ0v) is 38.9. The molecule has 0 fully saturated rings. The van der Waals surface area contributed by atoms with E-state index in [1.54, 1.807) is 48.5 Å². The second-order valence-electron chi connectivity index (χ2n) is 16.5. The van der Waals surface area contributed by atoms with Crippen LogP contribution in [0.5, 0.6) is 11.5 Å². The van der Waals surface area contributed by atoms with Crippen LogP contribution in [0.2, 0.25) is 0 Å². The lowest BCUT2D eigenvalue weighted by Crippen LogP contribution is -2.19. The second-order valence-corrected chi connectivity index (χ2v) is 17.3. The van der Waals surface area contributed by atoms with Crippen LogP contribution in [0.15, 0.2) is 176 Å². The fourth-order valence-electron chi connectivity index (χ4n) is 8.47. The van der Waals surface area contributed by atoms with Crippen molar-refractivity contribution in [3.8, 4) is 56.4 Å². The summed E-state index contributed by atoms with van der Waals surface area (Å²) in [6.07, 6.45) is 3.90. The van der Waals surface area contributed by atoms with Crippen molar-refractivity contribution in [2.45, 2.75) is 0 Å². The first-order valence-electron chi connectivity index (χ1n) is 21.9. The van der Waals surface area contributed by atoms with Gasteiger partial charge in [-0.2, -0.15) is 0 Å². The molecule has 6 aromatic rings. The molecule has 0 radical (unpaired) electrons. The topological polar surface area (TPSA) is 224 Å². The number of aromatic carboxylic acids is 2. The number of nitrogens with one attached hydrogen (secondary N) is 4. The highest BCUT2D eigenvalue weighted by atomic mass is 32.1. The number of fused-ring (bicyclic) bond motifs is 4. The third-order valence-electron chi connectivity index (χ3n) is 11.7. The molecule has 2 heterocycles. The molecule has 0 spiro atoms. The maximum atomic E-state index is 12.7. The van der Waals surface area contributed by atoms with Crippen LogP contribution in [-0.2, 0) is 0 Å². The first-order valence-corrected chi connectivity index (χ1v) is 22.7. The minimum absolute atomic E-state index is 0.0217. The number of phenols is 2. The summed E-state index contributed by atoms with van der Waals surface area (Å²) >= 11 is 11.2. The van der Waals surface area contributed by atoms with E-state index in [4.69, 9.17) is 33.3 Å². The predicted molar refractivity (Wildman–Crippen MR) is 288 cm³/mol. The standard InChI is InChI=1S/C56H36N4O10S2/c61-35-13-19-41-47(25-35)69-48-26-36(62)14-20-42(48)51(41)39-17-11-33(23-45(39)53(65)66)59-55(71)57-31-7-3-29(4-8-31)1-2-30-5-9-32(10-6-30)58-56(72)60-34-12-18-40(46(24-34)54(67)68)52-43-21-15-37(63)27-49(43)70-50-28-38(64)16-22-44(50)52/h1-28,61,63H,(H,65,66)(H,67,68)(H2,57,59,71)(H2,58,60,72)/b2-1+. The van der Waals surface area contributed by atoms with Gasteiger partial charge in [-0.3, -0.25) is 9.59 Å². The van der Waals surface area contributed by atoms with E-state index < -0.39 is 11.9 Å². The summed E-state index contributed by atoms with van der Waals surface area (Å²) in [4.78, 5) is 49.8. The van der Waals surface area contributed by atoms with Crippen molar-refractivity contribution < 1.29 is 38.8 Å². The average Bonchev–Trinajstić information content (AvgIpc) is 3.35. The van der Waals surface area contributed by atoms with E-state index in [1.807, 2.05) is 60.7 Å². The SMILES string of the molecule is O=C(O)c1cc(NC(=S)Nc2ccc(/C=C/c3ccc(NC(=S)Nc4ccc(-c5c6ccc(=O)cc-6oc6cc(O)ccc56)c(C(=O)O)c4)cc3)cc2)ccc1-c1c2ccc(=O)cc-2oc2cc(O)ccc12. The molecule has 0 saturated heterocycles. The summed E-state index contributed by atoms with van der Waals surface area (Å²) in [6.45, 7) is 0. The van der Waals surface area contributed by atoms with Gasteiger partial charge in [0.05, 0.1) is 11.1 Å². The number of carboxylic acids is 2. The van der Waals surface area contributed by atoms with Gasteiger partial charge in [0, 0.05) is 80.0 Å². The van der Waals surface area contributed by atoms with Gasteiger partial charge < -0.3 is 50.5 Å². The summed E-state index contributed by atoms with van der Waals surface area (Å²) in [5.74, 6) is -1.96. The number of hydrogen-bond donors (Lipinski definition) is 8. The number of thiocarbonyl (C=S) groups is 2. The number of rotatable bonds is 10. The zero-order valence-electron chi connectivity index (χ0n) is 37.2. The fraction of sp³-hybridized carbons (Fsp3) is 0. The van der Waals surface area contributed by atoms with Crippen molar-refractivity contribution in [2.75, 3.05) is 21.3 Å². The first kappa shape index (κ1) is 46.1. The van der Waals surface area contributed by atoms with Crippen LogP contribution < -0.4 is 32.1 Å². The Hall–Kier alpha value is -9.64. The van der Waals surface area contributed by atoms with Gasteiger partial charge in [0.2, 0.25) is 0 Å². The predicted octanol–water partition coefficient (Wildman–Crippen LogP) is 12.0. The van der Waals surface area contributed by atoms with Gasteiger partial charge in [0.25, 0.3) is 0 Å². The number of anilines is 4.